The van der Waals surface area contributed by atoms with E-state index in [9.17, 15) is 0 Å². The van der Waals surface area contributed by atoms with Gasteiger partial charge in [-0.2, -0.15) is 5.10 Å². The van der Waals surface area contributed by atoms with Crippen LogP contribution in [0.15, 0.2) is 61.1 Å². The van der Waals surface area contributed by atoms with Crippen molar-refractivity contribution < 1.29 is 4.74 Å². The summed E-state index contributed by atoms with van der Waals surface area (Å²) in [7, 11) is 4.36. The molecule has 7 heteroatoms. The average Bonchev–Trinajstić information content (AvgIpc) is 3.35. The highest BCUT2D eigenvalue weighted by Gasteiger charge is 2.20. The number of ether oxygens (including phenoxy) is 1. The Balaban J connectivity index is 1.24. The Morgan fingerprint density at radius 2 is 1.91 bits per heavy atom. The smallest absolute Gasteiger partial charge is 0.219 e. The Morgan fingerprint density at radius 1 is 1.03 bits per heavy atom. The van der Waals surface area contributed by atoms with Crippen molar-refractivity contribution in [3.63, 3.8) is 0 Å². The first-order valence-electron chi connectivity index (χ1n) is 11.1. The molecule has 32 heavy (non-hydrogen) atoms. The molecule has 1 fully saturated rings. The number of fused-ring (bicyclic) bond motifs is 1. The van der Waals surface area contributed by atoms with Gasteiger partial charge in [-0.1, -0.05) is 0 Å². The summed E-state index contributed by atoms with van der Waals surface area (Å²) in [6.45, 7) is 3.23. The molecular formula is C25H28N6O. The normalized spacial score (nSPS) is 15.5. The number of nitrogens with one attached hydrogen (secondary N) is 1. The topological polar surface area (TPSA) is 70.2 Å². The summed E-state index contributed by atoms with van der Waals surface area (Å²) < 4.78 is 5.95. The summed E-state index contributed by atoms with van der Waals surface area (Å²) in [6, 6.07) is 14.7. The minimum Gasteiger partial charge on any atom is -0.439 e. The van der Waals surface area contributed by atoms with E-state index in [-0.39, 0.29) is 0 Å². The van der Waals surface area contributed by atoms with E-state index in [1.807, 2.05) is 36.5 Å². The molecule has 0 saturated carbocycles. The van der Waals surface area contributed by atoms with Crippen molar-refractivity contribution >= 4 is 10.9 Å². The number of likely N-dealkylation sites (tertiary alicyclic amines) is 1. The Hall–Kier alpha value is -3.29. The number of piperidine rings is 1. The lowest BCUT2D eigenvalue weighted by atomic mass is 10.0. The highest BCUT2D eigenvalue weighted by atomic mass is 16.5. The molecule has 7 nitrogen and oxygen atoms in total. The molecule has 1 aliphatic rings. The Labute approximate surface area is 188 Å². The first kappa shape index (κ1) is 20.6. The lowest BCUT2D eigenvalue weighted by Gasteiger charge is -2.35. The number of benzene rings is 1. The number of rotatable bonds is 6. The number of hydrogen-bond acceptors (Lipinski definition) is 6. The van der Waals surface area contributed by atoms with E-state index in [1.165, 1.54) is 18.4 Å². The molecule has 0 atom stereocenters. The molecule has 0 radical (unpaired) electrons. The monoisotopic (exact) mass is 428 g/mol. The maximum atomic E-state index is 5.95. The van der Waals surface area contributed by atoms with Gasteiger partial charge >= 0.3 is 0 Å². The van der Waals surface area contributed by atoms with Crippen molar-refractivity contribution in [1.29, 1.82) is 0 Å². The fraction of sp³-hybridized carbons (Fsp3) is 0.320. The van der Waals surface area contributed by atoms with Crippen molar-refractivity contribution in [3.8, 4) is 22.9 Å². The van der Waals surface area contributed by atoms with Gasteiger partial charge in [0.15, 0.2) is 0 Å². The van der Waals surface area contributed by atoms with E-state index in [0.29, 0.717) is 11.9 Å². The third kappa shape index (κ3) is 4.64. The zero-order valence-corrected chi connectivity index (χ0v) is 18.5. The molecule has 1 aliphatic heterocycles. The summed E-state index contributed by atoms with van der Waals surface area (Å²) in [5.74, 6) is 1.27. The maximum Gasteiger partial charge on any atom is 0.219 e. The van der Waals surface area contributed by atoms with Crippen LogP contribution in [-0.4, -0.2) is 63.2 Å². The molecule has 1 aromatic carbocycles. The number of aromatic amines is 1. The second-order valence-corrected chi connectivity index (χ2v) is 8.63. The van der Waals surface area contributed by atoms with Gasteiger partial charge in [0, 0.05) is 54.3 Å². The second kappa shape index (κ2) is 9.06. The van der Waals surface area contributed by atoms with Crippen LogP contribution in [0.5, 0.6) is 11.6 Å². The van der Waals surface area contributed by atoms with Crippen LogP contribution in [0.25, 0.3) is 22.2 Å². The molecule has 4 aromatic rings. The number of hydrogen-bond donors (Lipinski definition) is 1. The molecule has 164 valence electrons. The van der Waals surface area contributed by atoms with Crippen molar-refractivity contribution in [1.82, 2.24) is 30.0 Å². The first-order valence-corrected chi connectivity index (χ1v) is 11.1. The zero-order chi connectivity index (χ0) is 21.9. The van der Waals surface area contributed by atoms with Crippen LogP contribution in [0.3, 0.4) is 0 Å². The minimum atomic E-state index is 0.547. The Morgan fingerprint density at radius 3 is 2.62 bits per heavy atom. The van der Waals surface area contributed by atoms with E-state index in [4.69, 9.17) is 9.72 Å². The molecule has 1 N–H and O–H groups in total. The van der Waals surface area contributed by atoms with Crippen LogP contribution in [0.4, 0.5) is 0 Å². The van der Waals surface area contributed by atoms with E-state index < -0.39 is 0 Å². The standard InChI is InChI=1S/C25H28N6O/c1-30(2)21-8-11-31(12-9-21)17-18-13-19-3-5-22(14-24(19)26-15-18)32-25-6-4-20(16-27-25)23-7-10-28-29-23/h3-7,10,13-16,21H,8-9,11-12,17H2,1-2H3,(H,28,29). The van der Waals surface area contributed by atoms with Crippen molar-refractivity contribution in [2.24, 2.45) is 0 Å². The van der Waals surface area contributed by atoms with E-state index in [2.05, 4.69) is 51.2 Å². The van der Waals surface area contributed by atoms with E-state index in [1.54, 1.807) is 12.4 Å². The minimum absolute atomic E-state index is 0.547. The summed E-state index contributed by atoms with van der Waals surface area (Å²) in [5, 5.41) is 8.03. The molecule has 0 amide bonds. The van der Waals surface area contributed by atoms with Gasteiger partial charge in [0.25, 0.3) is 0 Å². The molecule has 1 saturated heterocycles. The van der Waals surface area contributed by atoms with Crippen LogP contribution >= 0.6 is 0 Å². The fourth-order valence-electron chi connectivity index (χ4n) is 4.29. The predicted molar refractivity (Wildman–Crippen MR) is 126 cm³/mol. The third-order valence-corrected chi connectivity index (χ3v) is 6.18. The zero-order valence-electron chi connectivity index (χ0n) is 18.5. The Kier molecular flexibility index (Phi) is 5.83. The molecule has 0 spiro atoms. The van der Waals surface area contributed by atoms with Crippen LogP contribution in [-0.2, 0) is 6.54 Å². The number of nitrogens with zero attached hydrogens (tertiary/aromatic N) is 5. The van der Waals surface area contributed by atoms with Gasteiger partial charge in [0.1, 0.15) is 5.75 Å². The summed E-state index contributed by atoms with van der Waals surface area (Å²) in [4.78, 5) is 14.0. The second-order valence-electron chi connectivity index (χ2n) is 8.63. The molecule has 5 rings (SSSR count). The van der Waals surface area contributed by atoms with Crippen LogP contribution in [0.2, 0.25) is 0 Å². The van der Waals surface area contributed by atoms with Gasteiger partial charge in [-0.05, 0) is 75.9 Å². The van der Waals surface area contributed by atoms with Crippen molar-refractivity contribution in [3.05, 3.63) is 66.6 Å². The quantitative estimate of drug-likeness (QED) is 0.493. The summed E-state index contributed by atoms with van der Waals surface area (Å²) in [5.41, 5.74) is 4.07. The average molecular weight is 429 g/mol. The van der Waals surface area contributed by atoms with Gasteiger partial charge < -0.3 is 9.64 Å². The lowest BCUT2D eigenvalue weighted by Crippen LogP contribution is -2.41. The van der Waals surface area contributed by atoms with Crippen LogP contribution in [0.1, 0.15) is 18.4 Å². The number of aromatic nitrogens is 4. The molecule has 0 aliphatic carbocycles. The fourth-order valence-corrected chi connectivity index (χ4v) is 4.29. The van der Waals surface area contributed by atoms with Crippen LogP contribution in [0, 0.1) is 0 Å². The highest BCUT2D eigenvalue weighted by molar-refractivity contribution is 5.80. The van der Waals surface area contributed by atoms with Gasteiger partial charge in [-0.3, -0.25) is 15.0 Å². The van der Waals surface area contributed by atoms with Gasteiger partial charge in [-0.15, -0.1) is 0 Å². The van der Waals surface area contributed by atoms with E-state index in [0.717, 1.165) is 47.5 Å². The SMILES string of the molecule is CN(C)C1CCN(Cc2cnc3cc(Oc4ccc(-c5ccn[nH]5)cn4)ccc3c2)CC1. The number of H-pyrrole nitrogens is 1. The van der Waals surface area contributed by atoms with Crippen LogP contribution < -0.4 is 4.74 Å². The largest absolute Gasteiger partial charge is 0.439 e. The van der Waals surface area contributed by atoms with E-state index >= 15 is 0 Å². The summed E-state index contributed by atoms with van der Waals surface area (Å²) in [6.07, 6.45) is 7.94. The lowest BCUT2D eigenvalue weighted by molar-refractivity contribution is 0.140. The summed E-state index contributed by atoms with van der Waals surface area (Å²) >= 11 is 0. The highest BCUT2D eigenvalue weighted by Crippen LogP contribution is 2.26. The van der Waals surface area contributed by atoms with Crippen molar-refractivity contribution in [2.75, 3.05) is 27.2 Å². The third-order valence-electron chi connectivity index (χ3n) is 6.18. The Bertz CT molecular complexity index is 1160. The first-order chi connectivity index (χ1) is 15.6. The van der Waals surface area contributed by atoms with Gasteiger partial charge in [-0.25, -0.2) is 4.98 Å². The maximum absolute atomic E-state index is 5.95. The molecule has 0 bridgehead atoms. The molecule has 4 heterocycles. The van der Waals surface area contributed by atoms with Crippen molar-refractivity contribution in [2.45, 2.75) is 25.4 Å². The predicted octanol–water partition coefficient (Wildman–Crippen LogP) is 4.34. The molecule has 3 aromatic heterocycles. The number of pyridine rings is 2. The molecular weight excluding hydrogens is 400 g/mol. The van der Waals surface area contributed by atoms with Gasteiger partial charge in [0.2, 0.25) is 5.88 Å². The van der Waals surface area contributed by atoms with Gasteiger partial charge in [0.05, 0.1) is 11.2 Å². The molecule has 0 unspecified atom stereocenters.